The number of hydrogen-bond donors (Lipinski definition) is 2. The van der Waals surface area contributed by atoms with Crippen molar-refractivity contribution in [3.63, 3.8) is 0 Å². The Labute approximate surface area is 336 Å². The van der Waals surface area contributed by atoms with Crippen LogP contribution in [0.1, 0.15) is 117 Å². The molecule has 8 fully saturated rings. The number of nitrogens with zero attached hydrogens (tertiary/aromatic N) is 2. The Balaban J connectivity index is 1.00. The van der Waals surface area contributed by atoms with E-state index in [1.807, 2.05) is 27.7 Å². The van der Waals surface area contributed by atoms with E-state index in [0.717, 1.165) is 25.7 Å². The van der Waals surface area contributed by atoms with Crippen LogP contribution < -0.4 is 10.6 Å². The summed E-state index contributed by atoms with van der Waals surface area (Å²) in [6.45, 7) is 12.2. The number of amides is 4. The second-order valence-electron chi connectivity index (χ2n) is 20.2. The van der Waals surface area contributed by atoms with E-state index < -0.39 is 53.0 Å². The summed E-state index contributed by atoms with van der Waals surface area (Å²) in [6, 6.07) is 6.14. The molecule has 310 valence electrons. The number of likely N-dealkylation sites (tertiary alicyclic amines) is 1. The smallest absolute Gasteiger partial charge is 0.408 e. The van der Waals surface area contributed by atoms with E-state index in [2.05, 4.69) is 24.5 Å². The molecule has 1 aromatic carbocycles. The average molecular weight is 787 g/mol. The van der Waals surface area contributed by atoms with Crippen LogP contribution in [0.15, 0.2) is 30.3 Å². The maximum atomic E-state index is 14.6. The van der Waals surface area contributed by atoms with E-state index in [1.54, 1.807) is 49.3 Å². The van der Waals surface area contributed by atoms with Gasteiger partial charge in [-0.3, -0.25) is 28.8 Å². The predicted molar refractivity (Wildman–Crippen MR) is 211 cm³/mol. The van der Waals surface area contributed by atoms with Gasteiger partial charge in [-0.2, -0.15) is 0 Å². The molecule has 7 saturated carbocycles. The van der Waals surface area contributed by atoms with Crippen molar-refractivity contribution in [1.29, 1.82) is 0 Å². The van der Waals surface area contributed by atoms with Gasteiger partial charge in [0.1, 0.15) is 17.7 Å². The number of fused-ring (bicyclic) bond motifs is 1. The summed E-state index contributed by atoms with van der Waals surface area (Å²) in [7, 11) is 3.18. The number of benzene rings is 1. The molecular formula is C45H62N4O8. The fourth-order valence-corrected chi connectivity index (χ4v) is 12.1. The first-order valence-corrected chi connectivity index (χ1v) is 21.2. The molecule has 0 radical (unpaired) electrons. The third-order valence-electron chi connectivity index (χ3n) is 15.0. The second-order valence-corrected chi connectivity index (χ2v) is 20.2. The van der Waals surface area contributed by atoms with Crippen LogP contribution >= 0.6 is 0 Å². The highest BCUT2D eigenvalue weighted by Crippen LogP contribution is 2.90. The minimum atomic E-state index is -0.946. The van der Waals surface area contributed by atoms with Gasteiger partial charge in [-0.1, -0.05) is 84.7 Å². The lowest BCUT2D eigenvalue weighted by Gasteiger charge is -2.42. The Morgan fingerprint density at radius 3 is 2.26 bits per heavy atom. The van der Waals surface area contributed by atoms with Gasteiger partial charge in [-0.15, -0.1) is 0 Å². The summed E-state index contributed by atoms with van der Waals surface area (Å²) < 4.78 is 6.26. The highest BCUT2D eigenvalue weighted by Gasteiger charge is 2.92. The largest absolute Gasteiger partial charge is 0.442 e. The lowest BCUT2D eigenvalue weighted by atomic mass is 9.61. The maximum absolute atomic E-state index is 14.6. The van der Waals surface area contributed by atoms with Gasteiger partial charge in [0.25, 0.3) is 0 Å². The van der Waals surface area contributed by atoms with Gasteiger partial charge in [0, 0.05) is 57.2 Å². The molecule has 0 aromatic heterocycles. The van der Waals surface area contributed by atoms with Crippen molar-refractivity contribution in [3.8, 4) is 0 Å². The van der Waals surface area contributed by atoms with Crippen LogP contribution in [0.25, 0.3) is 0 Å². The van der Waals surface area contributed by atoms with Crippen LogP contribution in [0.3, 0.4) is 0 Å². The van der Waals surface area contributed by atoms with E-state index in [-0.39, 0.29) is 65.1 Å². The Kier molecular flexibility index (Phi) is 10.5. The Morgan fingerprint density at radius 2 is 1.67 bits per heavy atom. The van der Waals surface area contributed by atoms with Gasteiger partial charge in [0.05, 0.1) is 6.04 Å². The summed E-state index contributed by atoms with van der Waals surface area (Å²) in [6.07, 6.45) is 4.71. The standard InChI is InChI=1S/C45H62N4O8/c1-9-10-14-27(36(53)30(50)17-18-32(52)46-34(39(54)48(7)8)26-15-12-11-13-16-26)20-31(51)35-33-29(43(33,5)6)24-49(35)40(55)38(42(2,3)4)47-41(56)57-45-22-25-19-28-23-44(45,21-25)37(28)45/h11-13,15-16,25,27-29,33-35,37-38H,9-10,14,17-24H2,1-8H3,(H,46,52)(H,47,56)/t25?,27?,28?,29?,33?,34-,35+,37?,38+,44?,45?/m0/s1. The number of unbranched alkanes of at least 4 members (excludes halogenated alkanes) is 1. The number of ketones is 3. The van der Waals surface area contributed by atoms with Crippen molar-refractivity contribution < 1.29 is 38.3 Å². The Hall–Kier alpha value is -4.09. The lowest BCUT2D eigenvalue weighted by Crippen LogP contribution is -2.58. The van der Waals surface area contributed by atoms with E-state index in [0.29, 0.717) is 42.7 Å². The number of hydrogen-bond acceptors (Lipinski definition) is 8. The monoisotopic (exact) mass is 786 g/mol. The first-order chi connectivity index (χ1) is 26.8. The SMILES string of the molecule is CCCCC(CC(=O)[C@@H]1C2C(CN1C(=O)[C@@H](NC(=O)OC13CC4CC5CC1(C4)C53)C(C)(C)C)C2(C)C)C(=O)C(=O)CCC(=O)N[C@H](C(=O)N(C)C)c1ccccc1. The third kappa shape index (κ3) is 7.00. The average Bonchev–Trinajstić information content (AvgIpc) is 3.62. The Bertz CT molecular complexity index is 1840. The highest BCUT2D eigenvalue weighted by molar-refractivity contribution is 6.38. The fraction of sp³-hybridized carbons (Fsp3) is 0.711. The number of carbonyl (C=O) groups excluding carboxylic acids is 7. The molecule has 8 unspecified atom stereocenters. The molecule has 1 heterocycles. The Morgan fingerprint density at radius 1 is 0.965 bits per heavy atom. The number of carbonyl (C=O) groups is 7. The molecule has 8 aliphatic rings. The molecule has 1 aliphatic heterocycles. The summed E-state index contributed by atoms with van der Waals surface area (Å²) >= 11 is 0. The number of alkyl carbamates (subject to hydrolysis) is 1. The molecule has 7 aliphatic carbocycles. The van der Waals surface area contributed by atoms with Crippen molar-refractivity contribution in [2.24, 2.45) is 51.8 Å². The van der Waals surface area contributed by atoms with Crippen molar-refractivity contribution >= 4 is 41.2 Å². The second kappa shape index (κ2) is 14.6. The zero-order valence-corrected chi connectivity index (χ0v) is 35.0. The third-order valence-corrected chi connectivity index (χ3v) is 15.0. The van der Waals surface area contributed by atoms with Crippen molar-refractivity contribution in [1.82, 2.24) is 20.4 Å². The van der Waals surface area contributed by atoms with Gasteiger partial charge in [-0.25, -0.2) is 4.79 Å². The van der Waals surface area contributed by atoms with Crippen LogP contribution in [0.5, 0.6) is 0 Å². The summed E-state index contributed by atoms with van der Waals surface area (Å²) in [4.78, 5) is 98.7. The predicted octanol–water partition coefficient (Wildman–Crippen LogP) is 5.43. The molecule has 5 bridgehead atoms. The number of likely N-dealkylation sites (N-methyl/N-ethyl adjacent to an activating group) is 1. The molecule has 1 aromatic rings. The quantitative estimate of drug-likeness (QED) is 0.198. The van der Waals surface area contributed by atoms with Crippen molar-refractivity contribution in [2.75, 3.05) is 20.6 Å². The molecule has 1 spiro atoms. The van der Waals surface area contributed by atoms with E-state index in [1.165, 1.54) is 11.3 Å². The van der Waals surface area contributed by atoms with Crippen LogP contribution in [0.2, 0.25) is 0 Å². The highest BCUT2D eigenvalue weighted by atomic mass is 16.6. The number of Topliss-reactive ketones (excluding diaryl/α,β-unsaturated/α-hetero) is 3. The van der Waals surface area contributed by atoms with Gasteiger partial charge in [-0.05, 0) is 72.2 Å². The fourth-order valence-electron chi connectivity index (χ4n) is 12.1. The van der Waals surface area contributed by atoms with Crippen LogP contribution in [-0.2, 0) is 33.5 Å². The normalized spacial score (nSPS) is 32.1. The molecule has 11 atom stereocenters. The molecule has 4 amide bonds. The molecule has 12 nitrogen and oxygen atoms in total. The van der Waals surface area contributed by atoms with Crippen molar-refractivity contribution in [2.45, 2.75) is 129 Å². The van der Waals surface area contributed by atoms with Gasteiger partial charge >= 0.3 is 6.09 Å². The molecule has 9 rings (SSSR count). The zero-order valence-electron chi connectivity index (χ0n) is 35.0. The molecular weight excluding hydrogens is 725 g/mol. The van der Waals surface area contributed by atoms with Crippen LogP contribution in [0.4, 0.5) is 4.79 Å². The summed E-state index contributed by atoms with van der Waals surface area (Å²) in [5, 5.41) is 5.68. The topological polar surface area (TPSA) is 159 Å². The first-order valence-electron chi connectivity index (χ1n) is 21.2. The molecule has 12 heteroatoms. The van der Waals surface area contributed by atoms with Gasteiger partial charge in [0.15, 0.2) is 11.6 Å². The molecule has 2 N–H and O–H groups in total. The lowest BCUT2D eigenvalue weighted by molar-refractivity contribution is -0.145. The van der Waals surface area contributed by atoms with E-state index in [9.17, 15) is 33.6 Å². The molecule has 1 saturated heterocycles. The molecule has 57 heavy (non-hydrogen) atoms. The summed E-state index contributed by atoms with van der Waals surface area (Å²) in [5.41, 5.74) is -0.500. The minimum Gasteiger partial charge on any atom is -0.442 e. The number of piperidine rings is 1. The minimum absolute atomic E-state index is 0.0954. The first kappa shape index (κ1) is 41.1. The maximum Gasteiger partial charge on any atom is 0.408 e. The van der Waals surface area contributed by atoms with Crippen LogP contribution in [0, 0.1) is 51.8 Å². The zero-order chi connectivity index (χ0) is 41.4. The van der Waals surface area contributed by atoms with Gasteiger partial charge in [0.2, 0.25) is 23.5 Å². The number of ether oxygens (including phenoxy) is 1. The van der Waals surface area contributed by atoms with E-state index in [4.69, 9.17) is 4.74 Å². The van der Waals surface area contributed by atoms with E-state index >= 15 is 0 Å². The summed E-state index contributed by atoms with van der Waals surface area (Å²) in [5.74, 6) is -2.06. The van der Waals surface area contributed by atoms with Crippen LogP contribution in [-0.4, -0.2) is 89.3 Å². The van der Waals surface area contributed by atoms with Gasteiger partial charge < -0.3 is 25.2 Å². The number of rotatable bonds is 17. The number of nitrogens with one attached hydrogen (secondary N) is 2. The van der Waals surface area contributed by atoms with Crippen molar-refractivity contribution in [3.05, 3.63) is 35.9 Å².